The molecule has 126 valence electrons. The smallest absolute Gasteiger partial charge is 0.139 e. The highest BCUT2D eigenvalue weighted by molar-refractivity contribution is 5.87. The van der Waals surface area contributed by atoms with Crippen LogP contribution in [0.1, 0.15) is 91.9 Å². The molecular weight excluding hydrogens is 268 g/mol. The van der Waals surface area contributed by atoms with Crippen molar-refractivity contribution >= 4 is 5.78 Å². The lowest BCUT2D eigenvalue weighted by molar-refractivity contribution is -0.138. The fourth-order valence-electron chi connectivity index (χ4n) is 7.07. The first-order valence-corrected chi connectivity index (χ1v) is 10.1. The summed E-state index contributed by atoms with van der Waals surface area (Å²) in [5, 5.41) is 0. The lowest BCUT2D eigenvalue weighted by Crippen LogP contribution is -2.52. The van der Waals surface area contributed by atoms with Gasteiger partial charge in [-0.3, -0.25) is 4.79 Å². The first-order valence-electron chi connectivity index (χ1n) is 10.1. The number of hydrogen-bond acceptors (Lipinski definition) is 1. The summed E-state index contributed by atoms with van der Waals surface area (Å²) in [4.78, 5) is 12.4. The van der Waals surface area contributed by atoms with Gasteiger partial charge in [0.1, 0.15) is 5.78 Å². The van der Waals surface area contributed by atoms with Crippen molar-refractivity contribution < 1.29 is 4.79 Å². The molecule has 0 amide bonds. The predicted octanol–water partition coefficient (Wildman–Crippen LogP) is 6.01. The van der Waals surface area contributed by atoms with E-state index in [4.69, 9.17) is 0 Å². The summed E-state index contributed by atoms with van der Waals surface area (Å²) < 4.78 is 0. The monoisotopic (exact) mass is 304 g/mol. The van der Waals surface area contributed by atoms with E-state index in [1.807, 2.05) is 13.8 Å². The Kier molecular flexibility index (Phi) is 4.47. The fraction of sp³-hybridized carbons (Fsp3) is 0.952. The van der Waals surface area contributed by atoms with Gasteiger partial charge < -0.3 is 0 Å². The van der Waals surface area contributed by atoms with Gasteiger partial charge in [0, 0.05) is 11.8 Å². The minimum Gasteiger partial charge on any atom is -0.299 e. The lowest BCUT2D eigenvalue weighted by Gasteiger charge is -2.59. The van der Waals surface area contributed by atoms with E-state index in [0.717, 1.165) is 30.1 Å². The molecule has 0 N–H and O–H groups in total. The van der Waals surface area contributed by atoms with E-state index in [0.29, 0.717) is 11.2 Å². The molecule has 4 fully saturated rings. The number of rotatable bonds is 0. The molecule has 1 nitrogen and oxygen atoms in total. The maximum Gasteiger partial charge on any atom is 0.139 e. The van der Waals surface area contributed by atoms with E-state index in [1.54, 1.807) is 0 Å². The van der Waals surface area contributed by atoms with E-state index in [-0.39, 0.29) is 5.41 Å². The van der Waals surface area contributed by atoms with E-state index in [1.165, 1.54) is 57.8 Å². The predicted molar refractivity (Wildman–Crippen MR) is 92.7 cm³/mol. The average Bonchev–Trinajstić information content (AvgIpc) is 2.84. The molecule has 0 aromatic carbocycles. The molecule has 4 saturated carbocycles. The molecular formula is C21H36O. The van der Waals surface area contributed by atoms with Crippen LogP contribution < -0.4 is 0 Å². The quantitative estimate of drug-likeness (QED) is 0.535. The zero-order chi connectivity index (χ0) is 16.0. The Morgan fingerprint density at radius 3 is 2.41 bits per heavy atom. The van der Waals surface area contributed by atoms with Crippen LogP contribution in [0.2, 0.25) is 0 Å². The van der Waals surface area contributed by atoms with Gasteiger partial charge in [-0.15, -0.1) is 0 Å². The molecule has 6 atom stereocenters. The summed E-state index contributed by atoms with van der Waals surface area (Å²) in [6.45, 7) is 8.92. The molecule has 22 heavy (non-hydrogen) atoms. The summed E-state index contributed by atoms with van der Waals surface area (Å²) >= 11 is 0. The Hall–Kier alpha value is -0.330. The minimum absolute atomic E-state index is 0.0685. The molecule has 0 aromatic rings. The van der Waals surface area contributed by atoms with Gasteiger partial charge in [-0.1, -0.05) is 40.5 Å². The summed E-state index contributed by atoms with van der Waals surface area (Å²) in [5.41, 5.74) is 0.688. The van der Waals surface area contributed by atoms with Crippen LogP contribution in [0.15, 0.2) is 0 Å². The van der Waals surface area contributed by atoms with Crippen LogP contribution in [0.4, 0.5) is 0 Å². The second-order valence-corrected chi connectivity index (χ2v) is 8.82. The third kappa shape index (κ3) is 2.21. The first kappa shape index (κ1) is 16.5. The van der Waals surface area contributed by atoms with Crippen LogP contribution in [-0.4, -0.2) is 5.78 Å². The van der Waals surface area contributed by atoms with Crippen molar-refractivity contribution in [1.29, 1.82) is 0 Å². The minimum atomic E-state index is 0.0685. The maximum atomic E-state index is 12.4. The van der Waals surface area contributed by atoms with Gasteiger partial charge in [-0.2, -0.15) is 0 Å². The van der Waals surface area contributed by atoms with Crippen LogP contribution in [-0.2, 0) is 4.79 Å². The van der Waals surface area contributed by atoms with Crippen molar-refractivity contribution in [2.75, 3.05) is 0 Å². The topological polar surface area (TPSA) is 17.1 Å². The number of carbonyl (C=O) groups excluding carboxylic acids is 1. The molecule has 0 spiro atoms. The van der Waals surface area contributed by atoms with Crippen LogP contribution in [0.5, 0.6) is 0 Å². The van der Waals surface area contributed by atoms with Crippen LogP contribution in [0.25, 0.3) is 0 Å². The summed E-state index contributed by atoms with van der Waals surface area (Å²) in [6, 6.07) is 0. The van der Waals surface area contributed by atoms with Crippen LogP contribution in [0, 0.1) is 34.5 Å². The second-order valence-electron chi connectivity index (χ2n) is 8.82. The van der Waals surface area contributed by atoms with Crippen LogP contribution in [0.3, 0.4) is 0 Å². The highest BCUT2D eigenvalue weighted by Gasteiger charge is 2.59. The first-order chi connectivity index (χ1) is 10.6. The van der Waals surface area contributed by atoms with Gasteiger partial charge >= 0.3 is 0 Å². The molecule has 4 aliphatic carbocycles. The Morgan fingerprint density at radius 1 is 0.864 bits per heavy atom. The van der Waals surface area contributed by atoms with E-state index < -0.39 is 0 Å². The van der Waals surface area contributed by atoms with Crippen molar-refractivity contribution in [3.05, 3.63) is 0 Å². The maximum absolute atomic E-state index is 12.4. The van der Waals surface area contributed by atoms with E-state index in [2.05, 4.69) is 13.8 Å². The summed E-state index contributed by atoms with van der Waals surface area (Å²) in [5.74, 6) is 4.13. The summed E-state index contributed by atoms with van der Waals surface area (Å²) in [7, 11) is 0. The zero-order valence-electron chi connectivity index (χ0n) is 15.3. The number of ketones is 1. The standard InChI is InChI=1S/C19H30O.C2H6/c1-18-11-4-3-5-13(18)6-7-14-15-8-9-17(20)19(15,2)12-10-16(14)18;1-2/h13-16H,3-12H2,1-2H3;1-2H3. The molecule has 0 radical (unpaired) electrons. The Bertz CT molecular complexity index is 428. The molecule has 6 unspecified atom stereocenters. The number of Topliss-reactive ketones (excluding diaryl/α,β-unsaturated/α-hetero) is 1. The van der Waals surface area contributed by atoms with Gasteiger partial charge in [-0.05, 0) is 74.0 Å². The van der Waals surface area contributed by atoms with Crippen molar-refractivity contribution in [3.63, 3.8) is 0 Å². The van der Waals surface area contributed by atoms with Gasteiger partial charge in [0.2, 0.25) is 0 Å². The third-order valence-electron chi connectivity index (χ3n) is 8.29. The highest BCUT2D eigenvalue weighted by Crippen LogP contribution is 2.65. The number of carbonyl (C=O) groups is 1. The third-order valence-corrected chi connectivity index (χ3v) is 8.29. The fourth-order valence-corrected chi connectivity index (χ4v) is 7.07. The van der Waals surface area contributed by atoms with E-state index in [9.17, 15) is 4.79 Å². The average molecular weight is 305 g/mol. The molecule has 0 aromatic heterocycles. The van der Waals surface area contributed by atoms with Crippen molar-refractivity contribution in [2.24, 2.45) is 34.5 Å². The largest absolute Gasteiger partial charge is 0.299 e. The normalized spacial score (nSPS) is 50.3. The van der Waals surface area contributed by atoms with Crippen molar-refractivity contribution in [3.8, 4) is 0 Å². The van der Waals surface area contributed by atoms with Crippen LogP contribution >= 0.6 is 0 Å². The summed E-state index contributed by atoms with van der Waals surface area (Å²) in [6.07, 6.45) is 13.4. The molecule has 0 heterocycles. The molecule has 0 saturated heterocycles. The zero-order valence-corrected chi connectivity index (χ0v) is 15.3. The van der Waals surface area contributed by atoms with Gasteiger partial charge in [-0.25, -0.2) is 0 Å². The molecule has 1 heteroatoms. The molecule has 4 aliphatic rings. The number of hydrogen-bond donors (Lipinski definition) is 0. The van der Waals surface area contributed by atoms with E-state index >= 15 is 0 Å². The molecule has 0 bridgehead atoms. The lowest BCUT2D eigenvalue weighted by atomic mass is 9.45. The Labute approximate surface area is 137 Å². The van der Waals surface area contributed by atoms with Crippen molar-refractivity contribution in [2.45, 2.75) is 91.9 Å². The Morgan fingerprint density at radius 2 is 1.64 bits per heavy atom. The number of fused-ring (bicyclic) bond motifs is 5. The molecule has 4 rings (SSSR count). The van der Waals surface area contributed by atoms with Gasteiger partial charge in [0.05, 0.1) is 0 Å². The van der Waals surface area contributed by atoms with Crippen molar-refractivity contribution in [1.82, 2.24) is 0 Å². The Balaban J connectivity index is 0.000000693. The highest BCUT2D eigenvalue weighted by atomic mass is 16.1. The second kappa shape index (κ2) is 5.95. The SMILES string of the molecule is CC.CC12CCC3C(CCC4CCCCC43C)C1CCC2=O. The van der Waals surface area contributed by atoms with Gasteiger partial charge in [0.15, 0.2) is 0 Å². The van der Waals surface area contributed by atoms with Gasteiger partial charge in [0.25, 0.3) is 0 Å². The molecule has 0 aliphatic heterocycles.